The van der Waals surface area contributed by atoms with Crippen molar-refractivity contribution in [3.63, 3.8) is 0 Å². The molecule has 0 aliphatic carbocycles. The van der Waals surface area contributed by atoms with Crippen molar-refractivity contribution in [1.29, 1.82) is 0 Å². The Morgan fingerprint density at radius 3 is 2.83 bits per heavy atom. The lowest BCUT2D eigenvalue weighted by molar-refractivity contribution is -0.150. The van der Waals surface area contributed by atoms with Gasteiger partial charge in [0.25, 0.3) is 0 Å². The topological polar surface area (TPSA) is 49.8 Å². The minimum absolute atomic E-state index is 0.260. The van der Waals surface area contributed by atoms with E-state index in [9.17, 15) is 9.90 Å². The zero-order chi connectivity index (χ0) is 13.0. The van der Waals surface area contributed by atoms with E-state index in [2.05, 4.69) is 4.90 Å². The smallest absolute Gasteiger partial charge is 0.323 e. The highest BCUT2D eigenvalue weighted by Gasteiger charge is 2.33. The highest BCUT2D eigenvalue weighted by atomic mass is 16.5. The molecule has 1 heterocycles. The maximum absolute atomic E-state index is 11.7. The van der Waals surface area contributed by atoms with Crippen molar-refractivity contribution >= 4 is 5.97 Å². The number of methoxy groups -OCH3 is 1. The van der Waals surface area contributed by atoms with Crippen molar-refractivity contribution < 1.29 is 14.6 Å². The summed E-state index contributed by atoms with van der Waals surface area (Å²) in [6.45, 7) is 1.43. The number of aliphatic hydroxyl groups excluding tert-OH is 1. The first-order valence-corrected chi connectivity index (χ1v) is 6.24. The summed E-state index contributed by atoms with van der Waals surface area (Å²) in [6.07, 6.45) is 0.765. The van der Waals surface area contributed by atoms with Gasteiger partial charge < -0.3 is 9.84 Å². The number of hydrogen-bond acceptors (Lipinski definition) is 4. The molecule has 0 saturated carbocycles. The first kappa shape index (κ1) is 13.1. The molecule has 0 spiro atoms. The van der Waals surface area contributed by atoms with Crippen molar-refractivity contribution in [3.8, 4) is 0 Å². The first-order chi connectivity index (χ1) is 8.70. The molecule has 1 N–H and O–H groups in total. The van der Waals surface area contributed by atoms with Crippen LogP contribution in [-0.2, 0) is 16.1 Å². The normalized spacial score (nSPS) is 24.8. The fourth-order valence-corrected chi connectivity index (χ4v) is 2.38. The molecule has 0 aromatic heterocycles. The van der Waals surface area contributed by atoms with Crippen LogP contribution < -0.4 is 0 Å². The Morgan fingerprint density at radius 2 is 2.17 bits per heavy atom. The number of carbonyl (C=O) groups excluding carboxylic acids is 1. The van der Waals surface area contributed by atoms with Crippen molar-refractivity contribution in [3.05, 3.63) is 35.9 Å². The SMILES string of the molecule is COC(=O)[C@@H]1C[C@H](O)CCN1Cc1ccccc1. The quantitative estimate of drug-likeness (QED) is 0.817. The number of rotatable bonds is 3. The summed E-state index contributed by atoms with van der Waals surface area (Å²) in [4.78, 5) is 13.8. The van der Waals surface area contributed by atoms with Gasteiger partial charge in [0.05, 0.1) is 13.2 Å². The lowest BCUT2D eigenvalue weighted by Gasteiger charge is -2.36. The number of likely N-dealkylation sites (tertiary alicyclic amines) is 1. The van der Waals surface area contributed by atoms with Crippen molar-refractivity contribution in [1.82, 2.24) is 4.90 Å². The standard InChI is InChI=1S/C14H19NO3/c1-18-14(17)13-9-12(16)7-8-15(13)10-11-5-3-2-4-6-11/h2-6,12-13,16H,7-10H2,1H3/t12-,13+/m1/s1. The highest BCUT2D eigenvalue weighted by molar-refractivity contribution is 5.75. The Labute approximate surface area is 107 Å². The maximum atomic E-state index is 11.7. The Morgan fingerprint density at radius 1 is 1.44 bits per heavy atom. The zero-order valence-corrected chi connectivity index (χ0v) is 10.6. The molecule has 0 amide bonds. The number of hydrogen-bond donors (Lipinski definition) is 1. The molecule has 1 saturated heterocycles. The van der Waals surface area contributed by atoms with E-state index in [0.717, 1.165) is 6.54 Å². The summed E-state index contributed by atoms with van der Waals surface area (Å²) < 4.78 is 4.81. The second kappa shape index (κ2) is 5.98. The van der Waals surface area contributed by atoms with Gasteiger partial charge >= 0.3 is 5.97 Å². The third kappa shape index (κ3) is 3.09. The summed E-state index contributed by atoms with van der Waals surface area (Å²) in [6, 6.07) is 9.70. The predicted octanol–water partition coefficient (Wildman–Crippen LogP) is 1.18. The van der Waals surface area contributed by atoms with Gasteiger partial charge in [-0.1, -0.05) is 30.3 Å². The van der Waals surface area contributed by atoms with Gasteiger partial charge in [0, 0.05) is 13.1 Å². The molecule has 4 nitrogen and oxygen atoms in total. The molecule has 1 aromatic carbocycles. The molecule has 1 aromatic rings. The summed E-state index contributed by atoms with van der Waals surface area (Å²) in [5, 5.41) is 9.67. The first-order valence-electron chi connectivity index (χ1n) is 6.24. The second-order valence-electron chi connectivity index (χ2n) is 4.67. The predicted molar refractivity (Wildman–Crippen MR) is 67.9 cm³/mol. The third-order valence-corrected chi connectivity index (χ3v) is 3.39. The van der Waals surface area contributed by atoms with E-state index < -0.39 is 6.10 Å². The van der Waals surface area contributed by atoms with Crippen molar-refractivity contribution in [2.75, 3.05) is 13.7 Å². The van der Waals surface area contributed by atoms with Crippen LogP contribution in [0.1, 0.15) is 18.4 Å². The number of esters is 1. The minimum Gasteiger partial charge on any atom is -0.468 e. The highest BCUT2D eigenvalue weighted by Crippen LogP contribution is 2.21. The molecule has 0 radical (unpaired) electrons. The summed E-state index contributed by atoms with van der Waals surface area (Å²) in [7, 11) is 1.39. The summed E-state index contributed by atoms with van der Waals surface area (Å²) >= 11 is 0. The Balaban J connectivity index is 2.07. The van der Waals surface area contributed by atoms with E-state index in [-0.39, 0.29) is 12.0 Å². The number of nitrogens with zero attached hydrogens (tertiary/aromatic N) is 1. The summed E-state index contributed by atoms with van der Waals surface area (Å²) in [5.74, 6) is -0.260. The van der Waals surface area contributed by atoms with Gasteiger partial charge in [-0.25, -0.2) is 0 Å². The third-order valence-electron chi connectivity index (χ3n) is 3.39. The summed E-state index contributed by atoms with van der Waals surface area (Å²) in [5.41, 5.74) is 1.17. The van der Waals surface area contributed by atoms with E-state index in [0.29, 0.717) is 19.4 Å². The lowest BCUT2D eigenvalue weighted by Crippen LogP contribution is -2.48. The molecule has 4 heteroatoms. The van der Waals surface area contributed by atoms with Gasteiger partial charge in [-0.15, -0.1) is 0 Å². The molecule has 0 unspecified atom stereocenters. The van der Waals surface area contributed by atoms with Crippen LogP contribution in [0.2, 0.25) is 0 Å². The van der Waals surface area contributed by atoms with E-state index in [1.165, 1.54) is 12.7 Å². The van der Waals surface area contributed by atoms with Crippen LogP contribution >= 0.6 is 0 Å². The van der Waals surface area contributed by atoms with Crippen LogP contribution in [-0.4, -0.2) is 41.8 Å². The minimum atomic E-state index is -0.402. The average Bonchev–Trinajstić information content (AvgIpc) is 2.41. The number of aliphatic hydroxyl groups is 1. The van der Waals surface area contributed by atoms with E-state index in [1.807, 2.05) is 30.3 Å². The van der Waals surface area contributed by atoms with Crippen molar-refractivity contribution in [2.45, 2.75) is 31.5 Å². The molecule has 1 aliphatic heterocycles. The van der Waals surface area contributed by atoms with Crippen LogP contribution in [0.15, 0.2) is 30.3 Å². The molecule has 0 bridgehead atoms. The van der Waals surface area contributed by atoms with Gasteiger partial charge in [0.15, 0.2) is 0 Å². The molecular formula is C14H19NO3. The maximum Gasteiger partial charge on any atom is 0.323 e. The van der Waals surface area contributed by atoms with Gasteiger partial charge in [0.1, 0.15) is 6.04 Å². The van der Waals surface area contributed by atoms with Crippen molar-refractivity contribution in [2.24, 2.45) is 0 Å². The number of piperidine rings is 1. The van der Waals surface area contributed by atoms with Crippen LogP contribution in [0.4, 0.5) is 0 Å². The number of benzene rings is 1. The van der Waals surface area contributed by atoms with E-state index in [1.54, 1.807) is 0 Å². The van der Waals surface area contributed by atoms with Gasteiger partial charge in [0.2, 0.25) is 0 Å². The van der Waals surface area contributed by atoms with Crippen LogP contribution in [0, 0.1) is 0 Å². The van der Waals surface area contributed by atoms with Gasteiger partial charge in [-0.2, -0.15) is 0 Å². The van der Waals surface area contributed by atoms with E-state index in [4.69, 9.17) is 4.74 Å². The molecule has 2 atom stereocenters. The molecular weight excluding hydrogens is 230 g/mol. The monoisotopic (exact) mass is 249 g/mol. The van der Waals surface area contributed by atoms with Crippen LogP contribution in [0.25, 0.3) is 0 Å². The second-order valence-corrected chi connectivity index (χ2v) is 4.67. The average molecular weight is 249 g/mol. The molecule has 1 aliphatic rings. The molecule has 18 heavy (non-hydrogen) atoms. The van der Waals surface area contributed by atoms with Gasteiger partial charge in [-0.05, 0) is 18.4 Å². The molecule has 2 rings (SSSR count). The van der Waals surface area contributed by atoms with E-state index >= 15 is 0 Å². The molecule has 1 fully saturated rings. The Kier molecular flexibility index (Phi) is 4.33. The van der Waals surface area contributed by atoms with Gasteiger partial charge in [-0.3, -0.25) is 9.69 Å². The van der Waals surface area contributed by atoms with Crippen LogP contribution in [0.3, 0.4) is 0 Å². The van der Waals surface area contributed by atoms with Crippen LogP contribution in [0.5, 0.6) is 0 Å². The Bertz CT molecular complexity index is 393. The number of ether oxygens (including phenoxy) is 1. The zero-order valence-electron chi connectivity index (χ0n) is 10.6. The number of carbonyl (C=O) groups is 1. The largest absolute Gasteiger partial charge is 0.468 e. The fraction of sp³-hybridized carbons (Fsp3) is 0.500. The lowest BCUT2D eigenvalue weighted by atomic mass is 9.98. The Hall–Kier alpha value is -1.39. The molecule has 98 valence electrons. The fourth-order valence-electron chi connectivity index (χ4n) is 2.38.